The van der Waals surface area contributed by atoms with Crippen molar-refractivity contribution in [1.29, 1.82) is 0 Å². The van der Waals surface area contributed by atoms with Gasteiger partial charge in [-0.2, -0.15) is 0 Å². The van der Waals surface area contributed by atoms with Gasteiger partial charge in [0.1, 0.15) is 0 Å². The second-order valence-electron chi connectivity index (χ2n) is 6.68. The zero-order valence-electron chi connectivity index (χ0n) is 11.8. The summed E-state index contributed by atoms with van der Waals surface area (Å²) in [5, 5.41) is 3.76. The highest BCUT2D eigenvalue weighted by Gasteiger charge is 2.43. The van der Waals surface area contributed by atoms with Crippen molar-refractivity contribution < 1.29 is 9.47 Å². The molecule has 4 unspecified atom stereocenters. The molecule has 2 heterocycles. The maximum Gasteiger partial charge on any atom is 0.0939 e. The Morgan fingerprint density at radius 1 is 1.17 bits per heavy atom. The summed E-state index contributed by atoms with van der Waals surface area (Å²) in [6, 6.07) is 1.45. The molecule has 3 aliphatic rings. The van der Waals surface area contributed by atoms with Crippen LogP contribution in [0.4, 0.5) is 0 Å². The highest BCUT2D eigenvalue weighted by molar-refractivity contribution is 4.94. The van der Waals surface area contributed by atoms with Crippen LogP contribution in [0.3, 0.4) is 0 Å². The molecule has 3 heteroatoms. The van der Waals surface area contributed by atoms with Crippen LogP contribution in [0.1, 0.15) is 46.0 Å². The molecule has 2 aliphatic heterocycles. The Labute approximate surface area is 111 Å². The van der Waals surface area contributed by atoms with Gasteiger partial charge in [0.15, 0.2) is 0 Å². The van der Waals surface area contributed by atoms with Gasteiger partial charge in [-0.05, 0) is 44.4 Å². The zero-order valence-corrected chi connectivity index (χ0v) is 11.8. The van der Waals surface area contributed by atoms with Gasteiger partial charge in [0.2, 0.25) is 0 Å². The van der Waals surface area contributed by atoms with E-state index in [1.807, 2.05) is 0 Å². The Kier molecular flexibility index (Phi) is 3.65. The van der Waals surface area contributed by atoms with E-state index in [9.17, 15) is 0 Å². The first-order chi connectivity index (χ1) is 8.69. The largest absolute Gasteiger partial charge is 0.378 e. The summed E-state index contributed by atoms with van der Waals surface area (Å²) < 4.78 is 11.6. The van der Waals surface area contributed by atoms with Crippen LogP contribution in [-0.4, -0.2) is 37.5 Å². The van der Waals surface area contributed by atoms with Crippen LogP contribution in [0, 0.1) is 11.8 Å². The Balaban J connectivity index is 1.56. The standard InChI is InChI=1S/C15H27NO2/c1-11(12(2)16-14-3-4-14)13-5-7-18-15(9-13)6-8-17-10-15/h11-14,16H,3-10H2,1-2H3. The number of hydrogen-bond donors (Lipinski definition) is 1. The third-order valence-corrected chi connectivity index (χ3v) is 5.21. The second kappa shape index (κ2) is 5.10. The van der Waals surface area contributed by atoms with Gasteiger partial charge >= 0.3 is 0 Å². The molecule has 4 atom stereocenters. The molecular weight excluding hydrogens is 226 g/mol. The molecule has 0 aromatic carbocycles. The van der Waals surface area contributed by atoms with E-state index in [0.717, 1.165) is 44.1 Å². The molecule has 18 heavy (non-hydrogen) atoms. The Morgan fingerprint density at radius 2 is 2.00 bits per heavy atom. The predicted octanol–water partition coefficient (Wildman–Crippen LogP) is 2.35. The Bertz CT molecular complexity index is 284. The SMILES string of the molecule is CC(NC1CC1)C(C)C1CCOC2(CCOC2)C1. The predicted molar refractivity (Wildman–Crippen MR) is 71.6 cm³/mol. The highest BCUT2D eigenvalue weighted by atomic mass is 16.6. The van der Waals surface area contributed by atoms with Crippen LogP contribution < -0.4 is 5.32 Å². The molecule has 0 aromatic rings. The summed E-state index contributed by atoms with van der Waals surface area (Å²) in [4.78, 5) is 0. The monoisotopic (exact) mass is 253 g/mol. The first-order valence-corrected chi connectivity index (χ1v) is 7.66. The van der Waals surface area contributed by atoms with Crippen molar-refractivity contribution in [3.8, 4) is 0 Å². The van der Waals surface area contributed by atoms with E-state index in [1.165, 1.54) is 25.7 Å². The lowest BCUT2D eigenvalue weighted by Gasteiger charge is -2.41. The maximum atomic E-state index is 6.03. The minimum absolute atomic E-state index is 0.0659. The molecule has 1 spiro atoms. The van der Waals surface area contributed by atoms with Gasteiger partial charge in [0, 0.05) is 31.7 Å². The first kappa shape index (κ1) is 12.9. The van der Waals surface area contributed by atoms with Gasteiger partial charge in [-0.3, -0.25) is 0 Å². The van der Waals surface area contributed by atoms with Crippen molar-refractivity contribution in [3.63, 3.8) is 0 Å². The van der Waals surface area contributed by atoms with Crippen LogP contribution in [-0.2, 0) is 9.47 Å². The van der Waals surface area contributed by atoms with Crippen LogP contribution in [0.2, 0.25) is 0 Å². The molecular formula is C15H27NO2. The minimum Gasteiger partial charge on any atom is -0.378 e. The fourth-order valence-electron chi connectivity index (χ4n) is 3.56. The number of hydrogen-bond acceptors (Lipinski definition) is 3. The summed E-state index contributed by atoms with van der Waals surface area (Å²) in [5.74, 6) is 1.54. The third-order valence-electron chi connectivity index (χ3n) is 5.21. The van der Waals surface area contributed by atoms with Crippen molar-refractivity contribution >= 4 is 0 Å². The van der Waals surface area contributed by atoms with Crippen molar-refractivity contribution in [3.05, 3.63) is 0 Å². The zero-order chi connectivity index (χ0) is 12.6. The summed E-state index contributed by atoms with van der Waals surface area (Å²) in [7, 11) is 0. The van der Waals surface area contributed by atoms with Gasteiger partial charge in [0.25, 0.3) is 0 Å². The topological polar surface area (TPSA) is 30.5 Å². The summed E-state index contributed by atoms with van der Waals surface area (Å²) >= 11 is 0. The van der Waals surface area contributed by atoms with Gasteiger partial charge < -0.3 is 14.8 Å². The molecule has 3 rings (SSSR count). The lowest BCUT2D eigenvalue weighted by Crippen LogP contribution is -2.45. The Hall–Kier alpha value is -0.120. The van der Waals surface area contributed by atoms with Gasteiger partial charge in [-0.1, -0.05) is 6.92 Å². The molecule has 1 N–H and O–H groups in total. The van der Waals surface area contributed by atoms with E-state index in [0.29, 0.717) is 6.04 Å². The Morgan fingerprint density at radius 3 is 2.67 bits per heavy atom. The van der Waals surface area contributed by atoms with Gasteiger partial charge in [-0.15, -0.1) is 0 Å². The van der Waals surface area contributed by atoms with E-state index < -0.39 is 0 Å². The van der Waals surface area contributed by atoms with Crippen LogP contribution in [0.5, 0.6) is 0 Å². The fourth-order valence-corrected chi connectivity index (χ4v) is 3.56. The lowest BCUT2D eigenvalue weighted by molar-refractivity contribution is -0.107. The minimum atomic E-state index is 0.0659. The molecule has 3 fully saturated rings. The maximum absolute atomic E-state index is 6.03. The number of nitrogens with one attached hydrogen (secondary N) is 1. The van der Waals surface area contributed by atoms with Crippen molar-refractivity contribution in [2.75, 3.05) is 19.8 Å². The molecule has 1 saturated carbocycles. The fraction of sp³-hybridized carbons (Fsp3) is 1.00. The quantitative estimate of drug-likeness (QED) is 0.834. The van der Waals surface area contributed by atoms with Crippen LogP contribution >= 0.6 is 0 Å². The van der Waals surface area contributed by atoms with E-state index in [2.05, 4.69) is 19.2 Å². The normalized spacial score (nSPS) is 40.0. The smallest absolute Gasteiger partial charge is 0.0939 e. The summed E-state index contributed by atoms with van der Waals surface area (Å²) in [6.07, 6.45) is 6.27. The lowest BCUT2D eigenvalue weighted by atomic mass is 9.76. The third kappa shape index (κ3) is 2.73. The number of ether oxygens (including phenoxy) is 2. The molecule has 0 amide bonds. The molecule has 0 aromatic heterocycles. The average molecular weight is 253 g/mol. The van der Waals surface area contributed by atoms with E-state index >= 15 is 0 Å². The van der Waals surface area contributed by atoms with Crippen LogP contribution in [0.15, 0.2) is 0 Å². The molecule has 0 bridgehead atoms. The van der Waals surface area contributed by atoms with E-state index in [1.54, 1.807) is 0 Å². The number of rotatable bonds is 4. The second-order valence-corrected chi connectivity index (χ2v) is 6.68. The molecule has 104 valence electrons. The first-order valence-electron chi connectivity index (χ1n) is 7.66. The average Bonchev–Trinajstić information content (AvgIpc) is 3.08. The van der Waals surface area contributed by atoms with Crippen molar-refractivity contribution in [1.82, 2.24) is 5.32 Å². The van der Waals surface area contributed by atoms with Crippen molar-refractivity contribution in [2.45, 2.75) is 63.6 Å². The van der Waals surface area contributed by atoms with Gasteiger partial charge in [-0.25, -0.2) is 0 Å². The summed E-state index contributed by atoms with van der Waals surface area (Å²) in [6.45, 7) is 7.40. The van der Waals surface area contributed by atoms with Gasteiger partial charge in [0.05, 0.1) is 12.2 Å². The molecule has 0 radical (unpaired) electrons. The highest BCUT2D eigenvalue weighted by Crippen LogP contribution is 2.39. The molecule has 3 nitrogen and oxygen atoms in total. The van der Waals surface area contributed by atoms with Crippen LogP contribution in [0.25, 0.3) is 0 Å². The molecule has 2 saturated heterocycles. The van der Waals surface area contributed by atoms with Crippen molar-refractivity contribution in [2.24, 2.45) is 11.8 Å². The molecule has 1 aliphatic carbocycles. The summed E-state index contributed by atoms with van der Waals surface area (Å²) in [5.41, 5.74) is 0.0659. The van der Waals surface area contributed by atoms with E-state index in [4.69, 9.17) is 9.47 Å². The van der Waals surface area contributed by atoms with E-state index in [-0.39, 0.29) is 5.60 Å².